The Hall–Kier alpha value is -2.84. The summed E-state index contributed by atoms with van der Waals surface area (Å²) in [6.45, 7) is 0. The van der Waals surface area contributed by atoms with Crippen LogP contribution in [0, 0.1) is 0 Å². The summed E-state index contributed by atoms with van der Waals surface area (Å²) in [5.74, 6) is 0.725. The van der Waals surface area contributed by atoms with Crippen LogP contribution in [0.25, 0.3) is 33.4 Å². The molecule has 3 aromatic carbocycles. The van der Waals surface area contributed by atoms with Gasteiger partial charge < -0.3 is 4.42 Å². The molecule has 1 aliphatic carbocycles. The first-order chi connectivity index (χ1) is 11.8. The Morgan fingerprint density at radius 2 is 1.46 bits per heavy atom. The molecule has 1 aliphatic rings. The van der Waals surface area contributed by atoms with Crippen molar-refractivity contribution >= 4 is 28.4 Å². The van der Waals surface area contributed by atoms with E-state index < -0.39 is 0 Å². The van der Waals surface area contributed by atoms with E-state index in [1.807, 2.05) is 60.7 Å². The molecular weight excluding hydrogens is 320 g/mol. The lowest BCUT2D eigenvalue weighted by Gasteiger charge is -2.17. The molecule has 0 amide bonds. The quantitative estimate of drug-likeness (QED) is 0.379. The fraction of sp³-hybridized carbons (Fsp3) is 0. The molecule has 0 unspecified atom stereocenters. The van der Waals surface area contributed by atoms with Gasteiger partial charge in [-0.15, -0.1) is 0 Å². The van der Waals surface area contributed by atoms with E-state index in [9.17, 15) is 4.79 Å². The van der Waals surface area contributed by atoms with Gasteiger partial charge in [0, 0.05) is 22.1 Å². The number of furan rings is 1. The maximum absolute atomic E-state index is 12.9. The van der Waals surface area contributed by atoms with Crippen LogP contribution in [0.2, 0.25) is 5.02 Å². The number of carbonyl (C=O) groups excluding carboxylic acids is 1. The summed E-state index contributed by atoms with van der Waals surface area (Å²) >= 11 is 6.36. The minimum atomic E-state index is -0.0471. The molecule has 0 spiro atoms. The molecular formula is C21H11ClO2. The van der Waals surface area contributed by atoms with Crippen LogP contribution in [0.5, 0.6) is 0 Å². The minimum Gasteiger partial charge on any atom is -0.455 e. The predicted molar refractivity (Wildman–Crippen MR) is 95.5 cm³/mol. The van der Waals surface area contributed by atoms with Gasteiger partial charge in [-0.2, -0.15) is 0 Å². The van der Waals surface area contributed by atoms with Crippen molar-refractivity contribution in [3.8, 4) is 22.5 Å². The van der Waals surface area contributed by atoms with Crippen LogP contribution in [-0.4, -0.2) is 5.78 Å². The lowest BCUT2D eigenvalue weighted by atomic mass is 9.84. The van der Waals surface area contributed by atoms with Gasteiger partial charge in [-0.1, -0.05) is 66.2 Å². The van der Waals surface area contributed by atoms with Crippen molar-refractivity contribution in [3.05, 3.63) is 82.9 Å². The number of benzene rings is 3. The smallest absolute Gasteiger partial charge is 0.195 e. The van der Waals surface area contributed by atoms with Gasteiger partial charge in [-0.25, -0.2) is 0 Å². The third-order valence-corrected chi connectivity index (χ3v) is 4.82. The van der Waals surface area contributed by atoms with Gasteiger partial charge in [0.2, 0.25) is 0 Å². The Morgan fingerprint density at radius 3 is 2.25 bits per heavy atom. The zero-order valence-electron chi connectivity index (χ0n) is 12.5. The second-order valence-electron chi connectivity index (χ2n) is 5.84. The normalized spacial score (nSPS) is 12.5. The molecule has 1 aromatic heterocycles. The van der Waals surface area contributed by atoms with Gasteiger partial charge in [-0.3, -0.25) is 4.79 Å². The fourth-order valence-electron chi connectivity index (χ4n) is 3.47. The van der Waals surface area contributed by atoms with Crippen molar-refractivity contribution < 1.29 is 9.21 Å². The number of rotatable bonds is 1. The van der Waals surface area contributed by atoms with E-state index in [2.05, 4.69) is 0 Å². The first-order valence-corrected chi connectivity index (χ1v) is 8.08. The van der Waals surface area contributed by atoms with E-state index in [1.165, 1.54) is 0 Å². The summed E-state index contributed by atoms with van der Waals surface area (Å²) in [6, 6.07) is 21.1. The lowest BCUT2D eigenvalue weighted by Crippen LogP contribution is -2.09. The summed E-state index contributed by atoms with van der Waals surface area (Å²) in [5, 5.41) is 1.27. The van der Waals surface area contributed by atoms with Crippen molar-refractivity contribution in [1.82, 2.24) is 0 Å². The highest BCUT2D eigenvalue weighted by molar-refractivity contribution is 6.39. The van der Waals surface area contributed by atoms with Crippen LogP contribution < -0.4 is 0 Å². The number of ketones is 1. The molecule has 5 rings (SSSR count). The average molecular weight is 331 g/mol. The zero-order valence-corrected chi connectivity index (χ0v) is 13.3. The molecule has 0 radical (unpaired) electrons. The Balaban J connectivity index is 2.00. The second kappa shape index (κ2) is 4.83. The van der Waals surface area contributed by atoms with Crippen LogP contribution in [0.3, 0.4) is 0 Å². The molecule has 0 atom stereocenters. The highest BCUT2D eigenvalue weighted by Gasteiger charge is 2.32. The maximum Gasteiger partial charge on any atom is 0.195 e. The van der Waals surface area contributed by atoms with Gasteiger partial charge in [0.05, 0.1) is 10.6 Å². The predicted octanol–water partition coefficient (Wildman–Crippen LogP) is 5.96. The van der Waals surface area contributed by atoms with Crippen molar-refractivity contribution in [2.75, 3.05) is 0 Å². The number of halogens is 1. The first kappa shape index (κ1) is 13.6. The molecule has 114 valence electrons. The molecule has 0 saturated carbocycles. The standard InChI is InChI=1S/C21H11ClO2/c22-15-10-11-16-19-17(21(24-16)12-6-2-1-3-7-12)13-8-4-5-9-14(13)20(23)18(15)19/h1-11H. The summed E-state index contributed by atoms with van der Waals surface area (Å²) in [4.78, 5) is 12.9. The van der Waals surface area contributed by atoms with Gasteiger partial charge in [0.1, 0.15) is 11.3 Å². The Kier molecular flexibility index (Phi) is 2.73. The van der Waals surface area contributed by atoms with E-state index in [4.69, 9.17) is 16.0 Å². The summed E-state index contributed by atoms with van der Waals surface area (Å²) in [5.41, 5.74) is 4.71. The Morgan fingerprint density at radius 1 is 0.750 bits per heavy atom. The molecule has 4 aromatic rings. The molecule has 0 saturated heterocycles. The topological polar surface area (TPSA) is 30.2 Å². The van der Waals surface area contributed by atoms with Crippen molar-refractivity contribution in [3.63, 3.8) is 0 Å². The Labute approximate surface area is 143 Å². The van der Waals surface area contributed by atoms with Crippen LogP contribution in [0.4, 0.5) is 0 Å². The first-order valence-electron chi connectivity index (χ1n) is 7.70. The SMILES string of the molecule is O=C1c2ccccc2-c2c(-c3ccccc3)oc3ccc(Cl)c1c23. The molecule has 1 heterocycles. The third-order valence-electron chi connectivity index (χ3n) is 4.51. The molecule has 0 fully saturated rings. The molecule has 0 bridgehead atoms. The van der Waals surface area contributed by atoms with Crippen LogP contribution in [-0.2, 0) is 0 Å². The largest absolute Gasteiger partial charge is 0.455 e. The average Bonchev–Trinajstić information content (AvgIpc) is 3.01. The van der Waals surface area contributed by atoms with Crippen molar-refractivity contribution in [1.29, 1.82) is 0 Å². The summed E-state index contributed by atoms with van der Waals surface area (Å²) in [6.07, 6.45) is 0. The number of carbonyl (C=O) groups is 1. The zero-order chi connectivity index (χ0) is 16.3. The summed E-state index contributed by atoms with van der Waals surface area (Å²) in [7, 11) is 0. The van der Waals surface area contributed by atoms with Gasteiger partial charge >= 0.3 is 0 Å². The lowest BCUT2D eigenvalue weighted by molar-refractivity contribution is 0.104. The van der Waals surface area contributed by atoms with Crippen LogP contribution in [0.1, 0.15) is 15.9 Å². The molecule has 3 heteroatoms. The van der Waals surface area contributed by atoms with Gasteiger partial charge in [-0.05, 0) is 17.7 Å². The van der Waals surface area contributed by atoms with E-state index >= 15 is 0 Å². The highest BCUT2D eigenvalue weighted by Crippen LogP contribution is 2.48. The van der Waals surface area contributed by atoms with Crippen LogP contribution in [0.15, 0.2) is 71.1 Å². The Bertz CT molecular complexity index is 1120. The number of hydrogen-bond donors (Lipinski definition) is 0. The third kappa shape index (κ3) is 1.69. The number of fused-ring (bicyclic) bond motifs is 2. The number of hydrogen-bond acceptors (Lipinski definition) is 2. The van der Waals surface area contributed by atoms with Crippen LogP contribution >= 0.6 is 11.6 Å². The van der Waals surface area contributed by atoms with Crippen molar-refractivity contribution in [2.45, 2.75) is 0 Å². The van der Waals surface area contributed by atoms with E-state index in [1.54, 1.807) is 6.07 Å². The van der Waals surface area contributed by atoms with E-state index in [0.717, 1.165) is 27.8 Å². The highest BCUT2D eigenvalue weighted by atomic mass is 35.5. The fourth-order valence-corrected chi connectivity index (χ4v) is 3.71. The maximum atomic E-state index is 12.9. The molecule has 24 heavy (non-hydrogen) atoms. The molecule has 0 aliphatic heterocycles. The molecule has 0 N–H and O–H groups in total. The van der Waals surface area contributed by atoms with Gasteiger partial charge in [0.25, 0.3) is 0 Å². The van der Waals surface area contributed by atoms with Crippen molar-refractivity contribution in [2.24, 2.45) is 0 Å². The van der Waals surface area contributed by atoms with E-state index in [0.29, 0.717) is 21.7 Å². The molecule has 2 nitrogen and oxygen atoms in total. The van der Waals surface area contributed by atoms with E-state index in [-0.39, 0.29) is 5.78 Å². The van der Waals surface area contributed by atoms with Gasteiger partial charge in [0.15, 0.2) is 5.78 Å². The summed E-state index contributed by atoms with van der Waals surface area (Å²) < 4.78 is 6.15. The second-order valence-corrected chi connectivity index (χ2v) is 6.25. The monoisotopic (exact) mass is 330 g/mol. The minimum absolute atomic E-state index is 0.0471.